The Morgan fingerprint density at radius 1 is 1.24 bits per heavy atom. The molecule has 0 bridgehead atoms. The first-order valence-corrected chi connectivity index (χ1v) is 5.14. The maximum atomic E-state index is 11.5. The fourth-order valence-electron chi connectivity index (χ4n) is 1.16. The van der Waals surface area contributed by atoms with Crippen molar-refractivity contribution in [2.45, 2.75) is 6.92 Å². The minimum atomic E-state index is -0.586. The summed E-state index contributed by atoms with van der Waals surface area (Å²) in [5.74, 6) is -0.601. The van der Waals surface area contributed by atoms with Crippen LogP contribution in [0.25, 0.3) is 0 Å². The summed E-state index contributed by atoms with van der Waals surface area (Å²) in [5.41, 5.74) is 0.327. The molecule has 0 aromatic heterocycles. The summed E-state index contributed by atoms with van der Waals surface area (Å²) < 4.78 is 14.4. The molecule has 1 aromatic rings. The van der Waals surface area contributed by atoms with Crippen molar-refractivity contribution in [3.63, 3.8) is 0 Å². The Labute approximate surface area is 99.3 Å². The molecule has 0 unspecified atom stereocenters. The van der Waals surface area contributed by atoms with Crippen molar-refractivity contribution in [2.75, 3.05) is 20.3 Å². The van der Waals surface area contributed by atoms with Gasteiger partial charge in [0.25, 0.3) is 0 Å². The van der Waals surface area contributed by atoms with Gasteiger partial charge in [-0.3, -0.25) is 0 Å². The molecular weight excluding hydrogens is 224 g/mol. The molecular formula is C12H14O5. The van der Waals surface area contributed by atoms with Crippen LogP contribution in [0.1, 0.15) is 17.3 Å². The van der Waals surface area contributed by atoms with E-state index in [1.807, 2.05) is 0 Å². The van der Waals surface area contributed by atoms with Crippen molar-refractivity contribution >= 4 is 11.9 Å². The van der Waals surface area contributed by atoms with Gasteiger partial charge in [-0.15, -0.1) is 0 Å². The molecule has 0 saturated heterocycles. The van der Waals surface area contributed by atoms with Crippen LogP contribution in [0.4, 0.5) is 0 Å². The maximum absolute atomic E-state index is 11.5. The van der Waals surface area contributed by atoms with Gasteiger partial charge in [0.2, 0.25) is 0 Å². The smallest absolute Gasteiger partial charge is 0.344 e. The Morgan fingerprint density at radius 2 is 2.00 bits per heavy atom. The van der Waals surface area contributed by atoms with Crippen LogP contribution >= 0.6 is 0 Å². The molecule has 0 aliphatic carbocycles. The van der Waals surface area contributed by atoms with Crippen molar-refractivity contribution in [1.82, 2.24) is 0 Å². The highest BCUT2D eigenvalue weighted by molar-refractivity contribution is 5.91. The molecule has 0 saturated carbocycles. The predicted octanol–water partition coefficient (Wildman–Crippen LogP) is 1.42. The summed E-state index contributed by atoms with van der Waals surface area (Å²) in [6, 6.07) is 6.49. The standard InChI is InChI=1S/C12H14O5/c1-3-16-11(13)8-17-12(14)9-5-4-6-10(7-9)15-2/h4-7H,3,8H2,1-2H3. The third-order valence-electron chi connectivity index (χ3n) is 1.93. The van der Waals surface area contributed by atoms with Gasteiger partial charge in [0.05, 0.1) is 19.3 Å². The van der Waals surface area contributed by atoms with Crippen molar-refractivity contribution in [2.24, 2.45) is 0 Å². The molecule has 1 rings (SSSR count). The molecule has 17 heavy (non-hydrogen) atoms. The van der Waals surface area contributed by atoms with E-state index in [0.29, 0.717) is 11.3 Å². The van der Waals surface area contributed by atoms with Gasteiger partial charge in [0.1, 0.15) is 5.75 Å². The molecule has 0 radical (unpaired) electrons. The highest BCUT2D eigenvalue weighted by Gasteiger charge is 2.11. The summed E-state index contributed by atoms with van der Waals surface area (Å²) in [7, 11) is 1.50. The van der Waals surface area contributed by atoms with Gasteiger partial charge in [0.15, 0.2) is 6.61 Å². The Hall–Kier alpha value is -2.04. The third-order valence-corrected chi connectivity index (χ3v) is 1.93. The SMILES string of the molecule is CCOC(=O)COC(=O)c1cccc(OC)c1. The number of methoxy groups -OCH3 is 1. The van der Waals surface area contributed by atoms with Crippen molar-refractivity contribution in [3.05, 3.63) is 29.8 Å². The molecule has 92 valence electrons. The molecule has 0 aliphatic heterocycles. The molecule has 0 fully saturated rings. The number of hydrogen-bond donors (Lipinski definition) is 0. The summed E-state index contributed by atoms with van der Waals surface area (Å²) in [6.45, 7) is 1.56. The average molecular weight is 238 g/mol. The van der Waals surface area contributed by atoms with Crippen molar-refractivity contribution in [3.8, 4) is 5.75 Å². The molecule has 0 amide bonds. The molecule has 5 heteroatoms. The van der Waals surface area contributed by atoms with Crippen LogP contribution in [0.2, 0.25) is 0 Å². The minimum Gasteiger partial charge on any atom is -0.497 e. The van der Waals surface area contributed by atoms with Crippen LogP contribution in [0.5, 0.6) is 5.75 Å². The fourth-order valence-corrected chi connectivity index (χ4v) is 1.16. The molecule has 0 aliphatic rings. The highest BCUT2D eigenvalue weighted by Crippen LogP contribution is 2.13. The van der Waals surface area contributed by atoms with Crippen LogP contribution in [-0.4, -0.2) is 32.3 Å². The van der Waals surface area contributed by atoms with E-state index in [2.05, 4.69) is 4.74 Å². The topological polar surface area (TPSA) is 61.8 Å². The number of hydrogen-bond acceptors (Lipinski definition) is 5. The lowest BCUT2D eigenvalue weighted by Crippen LogP contribution is -2.16. The van der Waals surface area contributed by atoms with E-state index in [1.54, 1.807) is 25.1 Å². The molecule has 0 spiro atoms. The zero-order valence-corrected chi connectivity index (χ0v) is 9.76. The zero-order valence-electron chi connectivity index (χ0n) is 9.76. The van der Waals surface area contributed by atoms with Crippen LogP contribution in [0, 0.1) is 0 Å². The largest absolute Gasteiger partial charge is 0.497 e. The second kappa shape index (κ2) is 6.52. The Morgan fingerprint density at radius 3 is 2.65 bits per heavy atom. The molecule has 0 N–H and O–H groups in total. The van der Waals surface area contributed by atoms with Crippen LogP contribution in [0.3, 0.4) is 0 Å². The van der Waals surface area contributed by atoms with Crippen molar-refractivity contribution < 1.29 is 23.8 Å². The number of carbonyl (C=O) groups excluding carboxylic acids is 2. The van der Waals surface area contributed by atoms with E-state index in [1.165, 1.54) is 13.2 Å². The van der Waals surface area contributed by atoms with E-state index in [-0.39, 0.29) is 13.2 Å². The van der Waals surface area contributed by atoms with Gasteiger partial charge >= 0.3 is 11.9 Å². The molecule has 0 heterocycles. The number of rotatable bonds is 5. The predicted molar refractivity (Wildman–Crippen MR) is 59.9 cm³/mol. The zero-order chi connectivity index (χ0) is 12.7. The van der Waals surface area contributed by atoms with Crippen LogP contribution in [-0.2, 0) is 14.3 Å². The maximum Gasteiger partial charge on any atom is 0.344 e. The van der Waals surface area contributed by atoms with Crippen LogP contribution < -0.4 is 4.74 Å². The fraction of sp³-hybridized carbons (Fsp3) is 0.333. The number of esters is 2. The first-order valence-electron chi connectivity index (χ1n) is 5.14. The second-order valence-electron chi connectivity index (χ2n) is 3.11. The molecule has 0 atom stereocenters. The molecule has 1 aromatic carbocycles. The summed E-state index contributed by atoms with van der Waals surface area (Å²) in [4.78, 5) is 22.5. The Kier molecular flexibility index (Phi) is 5.00. The van der Waals surface area contributed by atoms with Gasteiger partial charge in [-0.05, 0) is 25.1 Å². The lowest BCUT2D eigenvalue weighted by Gasteiger charge is -2.05. The van der Waals surface area contributed by atoms with Gasteiger partial charge in [-0.2, -0.15) is 0 Å². The van der Waals surface area contributed by atoms with E-state index in [9.17, 15) is 9.59 Å². The van der Waals surface area contributed by atoms with Crippen molar-refractivity contribution in [1.29, 1.82) is 0 Å². The first kappa shape index (κ1) is 13.0. The third kappa shape index (κ3) is 4.14. The van der Waals surface area contributed by atoms with E-state index in [4.69, 9.17) is 9.47 Å². The van der Waals surface area contributed by atoms with E-state index < -0.39 is 11.9 Å². The normalized spacial score (nSPS) is 9.53. The van der Waals surface area contributed by atoms with E-state index >= 15 is 0 Å². The Balaban J connectivity index is 2.54. The summed E-state index contributed by atoms with van der Waals surface area (Å²) in [5, 5.41) is 0. The van der Waals surface area contributed by atoms with Crippen LogP contribution in [0.15, 0.2) is 24.3 Å². The quantitative estimate of drug-likeness (QED) is 0.726. The van der Waals surface area contributed by atoms with Gasteiger partial charge in [-0.25, -0.2) is 9.59 Å². The first-order chi connectivity index (χ1) is 8.17. The molecule has 5 nitrogen and oxygen atoms in total. The number of ether oxygens (including phenoxy) is 3. The summed E-state index contributed by atoms with van der Waals surface area (Å²) >= 11 is 0. The lowest BCUT2D eigenvalue weighted by atomic mass is 10.2. The average Bonchev–Trinajstić information content (AvgIpc) is 2.36. The van der Waals surface area contributed by atoms with Gasteiger partial charge in [-0.1, -0.05) is 6.07 Å². The number of benzene rings is 1. The minimum absolute atomic E-state index is 0.259. The second-order valence-corrected chi connectivity index (χ2v) is 3.11. The number of carbonyl (C=O) groups is 2. The van der Waals surface area contributed by atoms with Gasteiger partial charge in [0, 0.05) is 0 Å². The Bertz CT molecular complexity index is 400. The monoisotopic (exact) mass is 238 g/mol. The van der Waals surface area contributed by atoms with E-state index in [0.717, 1.165) is 0 Å². The lowest BCUT2D eigenvalue weighted by molar-refractivity contribution is -0.146. The summed E-state index contributed by atoms with van der Waals surface area (Å²) in [6.07, 6.45) is 0. The highest BCUT2D eigenvalue weighted by atomic mass is 16.6. The van der Waals surface area contributed by atoms with Gasteiger partial charge < -0.3 is 14.2 Å².